The van der Waals surface area contributed by atoms with Gasteiger partial charge in [-0.05, 0) is 59.4 Å². The van der Waals surface area contributed by atoms with Gasteiger partial charge in [-0.25, -0.2) is 0 Å². The molecule has 0 spiro atoms. The van der Waals surface area contributed by atoms with Crippen molar-refractivity contribution in [2.75, 3.05) is 0 Å². The lowest BCUT2D eigenvalue weighted by Crippen LogP contribution is -2.28. The number of halogens is 2. The van der Waals surface area contributed by atoms with Gasteiger partial charge in [-0.15, -0.1) is 0 Å². The van der Waals surface area contributed by atoms with Crippen LogP contribution in [0.2, 0.25) is 10.0 Å². The monoisotopic (exact) mass is 455 g/mol. The maximum absolute atomic E-state index is 12.9. The summed E-state index contributed by atoms with van der Waals surface area (Å²) in [5, 5.41) is 4.16. The Morgan fingerprint density at radius 1 is 0.968 bits per heavy atom. The van der Waals surface area contributed by atoms with Crippen molar-refractivity contribution < 1.29 is 9.53 Å². The molecule has 5 heteroatoms. The summed E-state index contributed by atoms with van der Waals surface area (Å²) in [4.78, 5) is 12.9. The lowest BCUT2D eigenvalue weighted by molar-refractivity contribution is 0.0935. The van der Waals surface area contributed by atoms with Crippen molar-refractivity contribution in [2.24, 2.45) is 0 Å². The van der Waals surface area contributed by atoms with Crippen molar-refractivity contribution in [1.29, 1.82) is 0 Å². The summed E-state index contributed by atoms with van der Waals surface area (Å²) in [6, 6.07) is 21.0. The van der Waals surface area contributed by atoms with Gasteiger partial charge in [-0.1, -0.05) is 80.4 Å². The van der Waals surface area contributed by atoms with Crippen LogP contribution < -0.4 is 10.1 Å². The third kappa shape index (κ3) is 6.25. The Morgan fingerprint density at radius 2 is 1.68 bits per heavy atom. The van der Waals surface area contributed by atoms with Crippen LogP contribution in [-0.4, -0.2) is 5.91 Å². The quantitative estimate of drug-likeness (QED) is 0.380. The lowest BCUT2D eigenvalue weighted by Gasteiger charge is -2.19. The highest BCUT2D eigenvalue weighted by Gasteiger charge is 2.15. The third-order valence-corrected chi connectivity index (χ3v) is 5.73. The molecule has 0 saturated carbocycles. The molecule has 0 aliphatic heterocycles. The molecule has 0 aliphatic rings. The molecule has 3 aromatic carbocycles. The van der Waals surface area contributed by atoms with Crippen LogP contribution in [0.25, 0.3) is 0 Å². The molecule has 0 bridgehead atoms. The van der Waals surface area contributed by atoms with Gasteiger partial charge >= 0.3 is 0 Å². The maximum Gasteiger partial charge on any atom is 0.251 e. The number of nitrogens with one attached hydrogen (secondary N) is 1. The Bertz CT molecular complexity index is 1030. The van der Waals surface area contributed by atoms with Gasteiger partial charge in [0.05, 0.1) is 11.1 Å². The van der Waals surface area contributed by atoms with E-state index in [1.807, 2.05) is 24.3 Å². The zero-order chi connectivity index (χ0) is 22.4. The number of ether oxygens (including phenoxy) is 1. The predicted molar refractivity (Wildman–Crippen MR) is 128 cm³/mol. The SMILES string of the molecule is CC[C@@H](NC(=O)c1cccc(COc2ccc(Cl)cc2Cl)c1)c1ccc(C(C)C)cc1. The highest BCUT2D eigenvalue weighted by atomic mass is 35.5. The summed E-state index contributed by atoms with van der Waals surface area (Å²) >= 11 is 12.1. The van der Waals surface area contributed by atoms with Crippen LogP contribution in [-0.2, 0) is 6.61 Å². The number of rotatable bonds is 8. The van der Waals surface area contributed by atoms with E-state index >= 15 is 0 Å². The lowest BCUT2D eigenvalue weighted by atomic mass is 9.98. The Labute approximate surface area is 194 Å². The van der Waals surface area contributed by atoms with Crippen LogP contribution in [0.5, 0.6) is 5.75 Å². The second kappa shape index (κ2) is 10.7. The predicted octanol–water partition coefficient (Wildman–Crippen LogP) is 7.58. The summed E-state index contributed by atoms with van der Waals surface area (Å²) in [5.74, 6) is 0.930. The van der Waals surface area contributed by atoms with Crippen molar-refractivity contribution in [1.82, 2.24) is 5.32 Å². The van der Waals surface area contributed by atoms with Crippen LogP contribution >= 0.6 is 23.2 Å². The van der Waals surface area contributed by atoms with E-state index in [1.165, 1.54) is 5.56 Å². The maximum atomic E-state index is 12.9. The molecular weight excluding hydrogens is 429 g/mol. The Kier molecular flexibility index (Phi) is 8.00. The van der Waals surface area contributed by atoms with Gasteiger partial charge in [0.15, 0.2) is 0 Å². The molecule has 31 heavy (non-hydrogen) atoms. The molecule has 0 aromatic heterocycles. The van der Waals surface area contributed by atoms with Crippen molar-refractivity contribution in [2.45, 2.75) is 45.8 Å². The fourth-order valence-corrected chi connectivity index (χ4v) is 3.79. The molecule has 0 unspecified atom stereocenters. The minimum atomic E-state index is -0.105. The highest BCUT2D eigenvalue weighted by Crippen LogP contribution is 2.28. The minimum absolute atomic E-state index is 0.0403. The van der Waals surface area contributed by atoms with Crippen LogP contribution in [0.1, 0.15) is 66.2 Å². The molecule has 3 nitrogen and oxygen atoms in total. The van der Waals surface area contributed by atoms with E-state index in [4.69, 9.17) is 27.9 Å². The second-order valence-corrected chi connectivity index (χ2v) is 8.66. The molecule has 162 valence electrons. The summed E-state index contributed by atoms with van der Waals surface area (Å²) in [6.07, 6.45) is 0.810. The van der Waals surface area contributed by atoms with Crippen molar-refractivity contribution in [3.63, 3.8) is 0 Å². The first kappa shape index (κ1) is 23.2. The topological polar surface area (TPSA) is 38.3 Å². The number of carbonyl (C=O) groups excluding carboxylic acids is 1. The van der Waals surface area contributed by atoms with Gasteiger partial charge in [0.25, 0.3) is 5.91 Å². The van der Waals surface area contributed by atoms with Gasteiger partial charge < -0.3 is 10.1 Å². The van der Waals surface area contributed by atoms with E-state index in [2.05, 4.69) is 50.4 Å². The number of carbonyl (C=O) groups is 1. The fourth-order valence-electron chi connectivity index (χ4n) is 3.33. The summed E-state index contributed by atoms with van der Waals surface area (Å²) in [5.41, 5.74) is 3.88. The van der Waals surface area contributed by atoms with E-state index in [0.717, 1.165) is 17.5 Å². The zero-order valence-corrected chi connectivity index (χ0v) is 19.5. The van der Waals surface area contributed by atoms with E-state index in [-0.39, 0.29) is 11.9 Å². The molecule has 3 aromatic rings. The van der Waals surface area contributed by atoms with Crippen molar-refractivity contribution >= 4 is 29.1 Å². The Balaban J connectivity index is 1.67. The van der Waals surface area contributed by atoms with E-state index < -0.39 is 0 Å². The molecule has 1 atom stereocenters. The summed E-state index contributed by atoms with van der Waals surface area (Å²) in [7, 11) is 0. The number of hydrogen-bond acceptors (Lipinski definition) is 2. The van der Waals surface area contributed by atoms with Crippen molar-refractivity contribution in [3.8, 4) is 5.75 Å². The average Bonchev–Trinajstić information content (AvgIpc) is 2.77. The first-order chi connectivity index (χ1) is 14.9. The number of amides is 1. The Morgan fingerprint density at radius 3 is 2.32 bits per heavy atom. The van der Waals surface area contributed by atoms with Crippen LogP contribution in [0.4, 0.5) is 0 Å². The molecule has 1 amide bonds. The molecule has 0 fully saturated rings. The molecule has 0 saturated heterocycles. The molecule has 0 heterocycles. The fraction of sp³-hybridized carbons (Fsp3) is 0.269. The Hall–Kier alpha value is -2.49. The van der Waals surface area contributed by atoms with Gasteiger partial charge in [-0.3, -0.25) is 4.79 Å². The molecule has 1 N–H and O–H groups in total. The van der Waals surface area contributed by atoms with Crippen molar-refractivity contribution in [3.05, 3.63) is 99.0 Å². The average molecular weight is 456 g/mol. The molecule has 0 aliphatic carbocycles. The van der Waals surface area contributed by atoms with Crippen LogP contribution in [0.15, 0.2) is 66.7 Å². The smallest absolute Gasteiger partial charge is 0.251 e. The van der Waals surface area contributed by atoms with E-state index in [0.29, 0.717) is 33.9 Å². The van der Waals surface area contributed by atoms with E-state index in [1.54, 1.807) is 18.2 Å². The zero-order valence-electron chi connectivity index (χ0n) is 18.0. The second-order valence-electron chi connectivity index (χ2n) is 7.82. The molecule has 3 rings (SSSR count). The number of hydrogen-bond donors (Lipinski definition) is 1. The molecule has 0 radical (unpaired) electrons. The highest BCUT2D eigenvalue weighted by molar-refractivity contribution is 6.35. The molecular formula is C26H27Cl2NO2. The van der Waals surface area contributed by atoms with Crippen LogP contribution in [0.3, 0.4) is 0 Å². The summed E-state index contributed by atoms with van der Waals surface area (Å²) in [6.45, 7) is 6.72. The summed E-state index contributed by atoms with van der Waals surface area (Å²) < 4.78 is 5.79. The van der Waals surface area contributed by atoms with Crippen LogP contribution in [0, 0.1) is 0 Å². The van der Waals surface area contributed by atoms with Gasteiger partial charge in [0, 0.05) is 10.6 Å². The van der Waals surface area contributed by atoms with Gasteiger partial charge in [0.1, 0.15) is 12.4 Å². The first-order valence-electron chi connectivity index (χ1n) is 10.4. The largest absolute Gasteiger partial charge is 0.487 e. The normalized spacial score (nSPS) is 11.9. The van der Waals surface area contributed by atoms with E-state index in [9.17, 15) is 4.79 Å². The third-order valence-electron chi connectivity index (χ3n) is 5.20. The van der Waals surface area contributed by atoms with Gasteiger partial charge in [-0.2, -0.15) is 0 Å². The first-order valence-corrected chi connectivity index (χ1v) is 11.2. The minimum Gasteiger partial charge on any atom is -0.487 e. The number of benzene rings is 3. The standard InChI is InChI=1S/C26H27Cl2NO2/c1-4-24(20-10-8-19(9-11-20)17(2)3)29-26(30)21-7-5-6-18(14-21)16-31-25-13-12-22(27)15-23(25)28/h5-15,17,24H,4,16H2,1-3H3,(H,29,30)/t24-/m1/s1. The van der Waals surface area contributed by atoms with Gasteiger partial charge in [0.2, 0.25) is 0 Å².